The first-order valence-electron chi connectivity index (χ1n) is 5.42. The number of aromatic nitrogens is 1. The smallest absolute Gasteiger partial charge is 0.0791 e. The molecule has 3 heteroatoms. The summed E-state index contributed by atoms with van der Waals surface area (Å²) in [5.74, 6) is 0. The number of hydrogen-bond acceptors (Lipinski definition) is 3. The molecule has 15 heavy (non-hydrogen) atoms. The second-order valence-electron chi connectivity index (χ2n) is 4.29. The average Bonchev–Trinajstić information content (AvgIpc) is 2.16. The van der Waals surface area contributed by atoms with Crippen molar-refractivity contribution in [1.82, 2.24) is 4.98 Å². The quantitative estimate of drug-likeness (QED) is 0.780. The van der Waals surface area contributed by atoms with Gasteiger partial charge in [0.2, 0.25) is 0 Å². The van der Waals surface area contributed by atoms with Crippen LogP contribution in [0.1, 0.15) is 32.3 Å². The Morgan fingerprint density at radius 2 is 2.27 bits per heavy atom. The largest absolute Gasteiger partial charge is 0.388 e. The van der Waals surface area contributed by atoms with Crippen LogP contribution in [0.15, 0.2) is 18.5 Å². The molecule has 1 aromatic rings. The highest BCUT2D eigenvalue weighted by molar-refractivity contribution is 5.48. The molecule has 3 nitrogen and oxygen atoms in total. The molecule has 0 radical (unpaired) electrons. The van der Waals surface area contributed by atoms with Crippen molar-refractivity contribution in [3.8, 4) is 0 Å². The first kappa shape index (κ1) is 12.0. The van der Waals surface area contributed by atoms with Gasteiger partial charge < -0.3 is 10.4 Å². The molecule has 1 aromatic heterocycles. The zero-order valence-electron chi connectivity index (χ0n) is 9.75. The Kier molecular flexibility index (Phi) is 4.09. The topological polar surface area (TPSA) is 45.1 Å². The highest BCUT2D eigenvalue weighted by atomic mass is 16.3. The van der Waals surface area contributed by atoms with Crippen LogP contribution in [0, 0.1) is 6.92 Å². The normalized spacial score (nSPS) is 14.7. The lowest BCUT2D eigenvalue weighted by atomic mass is 10.0. The number of aryl methyl sites for hydroxylation is 1. The lowest BCUT2D eigenvalue weighted by Crippen LogP contribution is -2.33. The molecule has 1 unspecified atom stereocenters. The van der Waals surface area contributed by atoms with Crippen molar-refractivity contribution in [1.29, 1.82) is 0 Å². The summed E-state index contributed by atoms with van der Waals surface area (Å²) in [6.07, 6.45) is 5.37. The van der Waals surface area contributed by atoms with Crippen LogP contribution in [0.25, 0.3) is 0 Å². The Bertz CT molecular complexity index is 310. The van der Waals surface area contributed by atoms with E-state index in [-0.39, 0.29) is 0 Å². The Labute approximate surface area is 91.5 Å². The standard InChI is InChI=1S/C12H20N2O/c1-4-6-12(3,15)9-14-11-5-7-13-8-10(11)2/h5,7-8,15H,4,6,9H2,1-3H3,(H,13,14). The van der Waals surface area contributed by atoms with E-state index >= 15 is 0 Å². The van der Waals surface area contributed by atoms with Crippen molar-refractivity contribution < 1.29 is 5.11 Å². The molecule has 0 aliphatic rings. The molecule has 1 heterocycles. The SMILES string of the molecule is CCCC(C)(O)CNc1ccncc1C. The fourth-order valence-electron chi connectivity index (χ4n) is 1.58. The summed E-state index contributed by atoms with van der Waals surface area (Å²) < 4.78 is 0. The summed E-state index contributed by atoms with van der Waals surface area (Å²) >= 11 is 0. The molecule has 84 valence electrons. The van der Waals surface area contributed by atoms with E-state index in [0.717, 1.165) is 24.1 Å². The number of rotatable bonds is 5. The van der Waals surface area contributed by atoms with Gasteiger partial charge in [-0.15, -0.1) is 0 Å². The van der Waals surface area contributed by atoms with Crippen LogP contribution >= 0.6 is 0 Å². The minimum atomic E-state index is -0.634. The minimum absolute atomic E-state index is 0.575. The van der Waals surface area contributed by atoms with Crippen molar-refractivity contribution in [3.05, 3.63) is 24.0 Å². The molecule has 0 saturated carbocycles. The van der Waals surface area contributed by atoms with E-state index in [1.165, 1.54) is 0 Å². The Morgan fingerprint density at radius 3 is 2.87 bits per heavy atom. The third-order valence-corrected chi connectivity index (χ3v) is 2.47. The number of nitrogens with zero attached hydrogens (tertiary/aromatic N) is 1. The van der Waals surface area contributed by atoms with E-state index in [2.05, 4.69) is 17.2 Å². The Hall–Kier alpha value is -1.09. The van der Waals surface area contributed by atoms with E-state index in [9.17, 15) is 5.11 Å². The number of aliphatic hydroxyl groups is 1. The molecule has 0 aliphatic heterocycles. The van der Waals surface area contributed by atoms with Crippen LogP contribution in [-0.2, 0) is 0 Å². The first-order chi connectivity index (χ1) is 7.05. The molecule has 2 N–H and O–H groups in total. The van der Waals surface area contributed by atoms with Gasteiger partial charge in [0, 0.05) is 24.6 Å². The molecule has 0 aromatic carbocycles. The highest BCUT2D eigenvalue weighted by Gasteiger charge is 2.18. The van der Waals surface area contributed by atoms with E-state index in [0.29, 0.717) is 6.54 Å². The molecule has 0 fully saturated rings. The van der Waals surface area contributed by atoms with E-state index in [1.807, 2.05) is 26.1 Å². The van der Waals surface area contributed by atoms with Crippen LogP contribution in [0.2, 0.25) is 0 Å². The van der Waals surface area contributed by atoms with Crippen molar-refractivity contribution in [2.75, 3.05) is 11.9 Å². The maximum absolute atomic E-state index is 9.99. The zero-order valence-corrected chi connectivity index (χ0v) is 9.75. The third kappa shape index (κ3) is 3.88. The van der Waals surface area contributed by atoms with Crippen LogP contribution in [-0.4, -0.2) is 22.2 Å². The first-order valence-corrected chi connectivity index (χ1v) is 5.42. The second-order valence-corrected chi connectivity index (χ2v) is 4.29. The van der Waals surface area contributed by atoms with Crippen molar-refractivity contribution in [2.45, 2.75) is 39.2 Å². The van der Waals surface area contributed by atoms with Gasteiger partial charge in [-0.05, 0) is 31.9 Å². The van der Waals surface area contributed by atoms with Crippen LogP contribution in [0.4, 0.5) is 5.69 Å². The van der Waals surface area contributed by atoms with Gasteiger partial charge in [0.05, 0.1) is 5.60 Å². The molecule has 0 saturated heterocycles. The lowest BCUT2D eigenvalue weighted by molar-refractivity contribution is 0.0637. The second kappa shape index (κ2) is 5.12. The maximum atomic E-state index is 9.99. The monoisotopic (exact) mass is 208 g/mol. The highest BCUT2D eigenvalue weighted by Crippen LogP contribution is 2.16. The fraction of sp³-hybridized carbons (Fsp3) is 0.583. The summed E-state index contributed by atoms with van der Waals surface area (Å²) in [5.41, 5.74) is 1.51. The van der Waals surface area contributed by atoms with Gasteiger partial charge in [0.15, 0.2) is 0 Å². The van der Waals surface area contributed by atoms with Gasteiger partial charge in [0.25, 0.3) is 0 Å². The van der Waals surface area contributed by atoms with Gasteiger partial charge in [-0.3, -0.25) is 4.98 Å². The Morgan fingerprint density at radius 1 is 1.53 bits per heavy atom. The summed E-state index contributed by atoms with van der Waals surface area (Å²) in [6, 6.07) is 1.93. The summed E-state index contributed by atoms with van der Waals surface area (Å²) in [6.45, 7) is 6.52. The number of pyridine rings is 1. The minimum Gasteiger partial charge on any atom is -0.388 e. The van der Waals surface area contributed by atoms with E-state index in [1.54, 1.807) is 6.20 Å². The molecule has 0 spiro atoms. The summed E-state index contributed by atoms with van der Waals surface area (Å²) in [7, 11) is 0. The van der Waals surface area contributed by atoms with Crippen LogP contribution in [0.3, 0.4) is 0 Å². The van der Waals surface area contributed by atoms with Crippen LogP contribution in [0.5, 0.6) is 0 Å². The number of nitrogens with one attached hydrogen (secondary N) is 1. The predicted molar refractivity (Wildman–Crippen MR) is 63.0 cm³/mol. The third-order valence-electron chi connectivity index (χ3n) is 2.47. The molecule has 0 bridgehead atoms. The summed E-state index contributed by atoms with van der Waals surface area (Å²) in [5, 5.41) is 13.2. The van der Waals surface area contributed by atoms with Crippen molar-refractivity contribution >= 4 is 5.69 Å². The van der Waals surface area contributed by atoms with E-state index in [4.69, 9.17) is 0 Å². The zero-order chi connectivity index (χ0) is 11.3. The average molecular weight is 208 g/mol. The van der Waals surface area contributed by atoms with Gasteiger partial charge in [-0.25, -0.2) is 0 Å². The summed E-state index contributed by atoms with van der Waals surface area (Å²) in [4.78, 5) is 4.02. The van der Waals surface area contributed by atoms with Crippen LogP contribution < -0.4 is 5.32 Å². The molecular formula is C12H20N2O. The van der Waals surface area contributed by atoms with Gasteiger partial charge in [-0.1, -0.05) is 13.3 Å². The van der Waals surface area contributed by atoms with Gasteiger partial charge in [-0.2, -0.15) is 0 Å². The fourth-order valence-corrected chi connectivity index (χ4v) is 1.58. The predicted octanol–water partition coefficient (Wildman–Crippen LogP) is 2.35. The molecule has 0 amide bonds. The van der Waals surface area contributed by atoms with Gasteiger partial charge >= 0.3 is 0 Å². The van der Waals surface area contributed by atoms with Crippen molar-refractivity contribution in [2.24, 2.45) is 0 Å². The number of hydrogen-bond donors (Lipinski definition) is 2. The maximum Gasteiger partial charge on any atom is 0.0791 e. The molecule has 1 atom stereocenters. The molecular weight excluding hydrogens is 188 g/mol. The lowest BCUT2D eigenvalue weighted by Gasteiger charge is -2.24. The Balaban J connectivity index is 2.53. The van der Waals surface area contributed by atoms with Crippen molar-refractivity contribution in [3.63, 3.8) is 0 Å². The number of anilines is 1. The molecule has 1 rings (SSSR count). The van der Waals surface area contributed by atoms with Gasteiger partial charge in [0.1, 0.15) is 0 Å². The van der Waals surface area contributed by atoms with E-state index < -0.39 is 5.60 Å². The molecule has 0 aliphatic carbocycles.